The van der Waals surface area contributed by atoms with Crippen LogP contribution in [0.3, 0.4) is 0 Å². The van der Waals surface area contributed by atoms with Gasteiger partial charge >= 0.3 is 0 Å². The van der Waals surface area contributed by atoms with Crippen molar-refractivity contribution in [3.05, 3.63) is 101 Å². The first-order valence-corrected chi connectivity index (χ1v) is 14.1. The number of para-hydroxylation sites is 1. The quantitative estimate of drug-likeness (QED) is 0.410. The van der Waals surface area contributed by atoms with Crippen molar-refractivity contribution in [2.24, 2.45) is 5.92 Å². The van der Waals surface area contributed by atoms with Gasteiger partial charge in [-0.25, -0.2) is 0 Å². The van der Waals surface area contributed by atoms with Gasteiger partial charge in [-0.05, 0) is 60.6 Å². The van der Waals surface area contributed by atoms with Gasteiger partial charge in [-0.1, -0.05) is 72.3 Å². The van der Waals surface area contributed by atoms with Crippen LogP contribution in [-0.4, -0.2) is 47.8 Å². The maximum absolute atomic E-state index is 13.6. The van der Waals surface area contributed by atoms with Crippen molar-refractivity contribution in [1.82, 2.24) is 9.80 Å². The number of carbonyl (C=O) groups is 2. The highest BCUT2D eigenvalue weighted by molar-refractivity contribution is 6.30. The van der Waals surface area contributed by atoms with Gasteiger partial charge in [-0.2, -0.15) is 0 Å². The molecular formula is C32H36ClN3O2. The first-order chi connectivity index (χ1) is 18.6. The van der Waals surface area contributed by atoms with Crippen LogP contribution in [0.15, 0.2) is 78.9 Å². The summed E-state index contributed by atoms with van der Waals surface area (Å²) in [6.07, 6.45) is 4.12. The van der Waals surface area contributed by atoms with Crippen LogP contribution in [0.25, 0.3) is 0 Å². The highest BCUT2D eigenvalue weighted by Gasteiger charge is 2.35. The molecule has 0 aromatic heterocycles. The lowest BCUT2D eigenvalue weighted by Crippen LogP contribution is -2.39. The third-order valence-corrected chi connectivity index (χ3v) is 7.72. The van der Waals surface area contributed by atoms with Gasteiger partial charge in [0.25, 0.3) is 0 Å². The van der Waals surface area contributed by atoms with E-state index in [9.17, 15) is 9.59 Å². The van der Waals surface area contributed by atoms with E-state index in [1.165, 1.54) is 5.56 Å². The van der Waals surface area contributed by atoms with Gasteiger partial charge in [-0.3, -0.25) is 14.5 Å². The molecule has 1 heterocycles. The van der Waals surface area contributed by atoms with Gasteiger partial charge in [0.05, 0.1) is 6.42 Å². The van der Waals surface area contributed by atoms with Gasteiger partial charge in [0.2, 0.25) is 11.8 Å². The molecule has 38 heavy (non-hydrogen) atoms. The lowest BCUT2D eigenvalue weighted by molar-refractivity contribution is -0.131. The van der Waals surface area contributed by atoms with Crippen LogP contribution in [0.4, 0.5) is 5.69 Å². The molecule has 2 aliphatic rings. The Labute approximate surface area is 231 Å². The number of anilines is 1. The van der Waals surface area contributed by atoms with Crippen LogP contribution in [0.5, 0.6) is 0 Å². The van der Waals surface area contributed by atoms with Crippen LogP contribution in [0, 0.1) is 5.92 Å². The molecule has 0 atom stereocenters. The summed E-state index contributed by atoms with van der Waals surface area (Å²) in [5, 5.41) is 0.739. The van der Waals surface area contributed by atoms with Crippen molar-refractivity contribution in [2.45, 2.75) is 45.2 Å². The molecule has 6 heteroatoms. The minimum atomic E-state index is 0.118. The monoisotopic (exact) mass is 529 g/mol. The van der Waals surface area contributed by atoms with E-state index in [4.69, 9.17) is 11.6 Å². The van der Waals surface area contributed by atoms with Crippen molar-refractivity contribution >= 4 is 29.1 Å². The molecule has 1 aliphatic heterocycles. The predicted molar refractivity (Wildman–Crippen MR) is 153 cm³/mol. The molecule has 1 aliphatic carbocycles. The summed E-state index contributed by atoms with van der Waals surface area (Å²) in [5.74, 6) is 0.477. The number of carbonyl (C=O) groups excluding carboxylic acids is 2. The first-order valence-electron chi connectivity index (χ1n) is 13.7. The average Bonchev–Trinajstić information content (AvgIpc) is 3.77. The topological polar surface area (TPSA) is 43.9 Å². The highest BCUT2D eigenvalue weighted by atomic mass is 35.5. The lowest BCUT2D eigenvalue weighted by atomic mass is 10.1. The Morgan fingerprint density at radius 3 is 2.18 bits per heavy atom. The van der Waals surface area contributed by atoms with E-state index in [-0.39, 0.29) is 17.7 Å². The number of rotatable bonds is 5. The summed E-state index contributed by atoms with van der Waals surface area (Å²) in [4.78, 5) is 33.4. The molecule has 0 spiro atoms. The molecule has 5 rings (SSSR count). The first kappa shape index (κ1) is 26.5. The Morgan fingerprint density at radius 1 is 0.763 bits per heavy atom. The van der Waals surface area contributed by atoms with Crippen molar-refractivity contribution in [1.29, 1.82) is 0 Å². The smallest absolute Gasteiger partial charge is 0.230 e. The summed E-state index contributed by atoms with van der Waals surface area (Å²) in [6, 6.07) is 26.1. The molecule has 1 saturated carbocycles. The zero-order valence-corrected chi connectivity index (χ0v) is 22.7. The predicted octanol–water partition coefficient (Wildman–Crippen LogP) is 5.95. The van der Waals surface area contributed by atoms with E-state index in [0.29, 0.717) is 26.1 Å². The number of nitrogens with zero attached hydrogens (tertiary/aromatic N) is 3. The third kappa shape index (κ3) is 7.03. The van der Waals surface area contributed by atoms with Crippen LogP contribution in [0.1, 0.15) is 42.4 Å². The number of halogens is 1. The van der Waals surface area contributed by atoms with Crippen LogP contribution >= 0.6 is 11.6 Å². The fraction of sp³-hybridized carbons (Fsp3) is 0.375. The molecule has 3 aromatic carbocycles. The number of benzene rings is 3. The number of hydrogen-bond acceptors (Lipinski definition) is 3. The number of amides is 2. The molecule has 0 saturated heterocycles. The molecule has 2 amide bonds. The number of hydrogen-bond donors (Lipinski definition) is 0. The van der Waals surface area contributed by atoms with E-state index in [1.54, 1.807) is 0 Å². The Bertz CT molecular complexity index is 1230. The van der Waals surface area contributed by atoms with Crippen LogP contribution in [-0.2, 0) is 29.1 Å². The Balaban J connectivity index is 1.40. The summed E-state index contributed by atoms with van der Waals surface area (Å²) >= 11 is 6.11. The Hall–Kier alpha value is -3.15. The summed E-state index contributed by atoms with van der Waals surface area (Å²) in [7, 11) is 0. The molecule has 0 radical (unpaired) electrons. The van der Waals surface area contributed by atoms with Gasteiger partial charge in [0, 0.05) is 55.9 Å². The van der Waals surface area contributed by atoms with E-state index in [2.05, 4.69) is 23.1 Å². The second-order valence-electron chi connectivity index (χ2n) is 10.5. The van der Waals surface area contributed by atoms with E-state index in [1.807, 2.05) is 70.5 Å². The standard InChI is InChI=1S/C32H36ClN3O2/c33-29-16-12-26(13-17-29)23-34-18-6-20-35(31(37)22-25-8-2-1-3-9-25)24-28-10-4-5-11-30(28)36(21-7-19-34)32(38)27-14-15-27/h1-5,8-13,16-17,27H,6-7,14-15,18-24H2. The molecule has 0 bridgehead atoms. The summed E-state index contributed by atoms with van der Waals surface area (Å²) in [6.45, 7) is 4.46. The van der Waals surface area contributed by atoms with Gasteiger partial charge in [0.1, 0.15) is 0 Å². The average molecular weight is 530 g/mol. The van der Waals surface area contributed by atoms with Crippen LogP contribution < -0.4 is 4.90 Å². The van der Waals surface area contributed by atoms with E-state index >= 15 is 0 Å². The SMILES string of the molecule is O=C(Cc1ccccc1)N1CCCN(Cc2ccc(Cl)cc2)CCCN(C(=O)C2CC2)c2ccccc2C1. The summed E-state index contributed by atoms with van der Waals surface area (Å²) in [5.41, 5.74) is 4.23. The normalized spacial score (nSPS) is 17.3. The van der Waals surface area contributed by atoms with Crippen LogP contribution in [0.2, 0.25) is 5.02 Å². The van der Waals surface area contributed by atoms with Crippen molar-refractivity contribution in [3.8, 4) is 0 Å². The molecule has 1 fully saturated rings. The molecule has 0 N–H and O–H groups in total. The lowest BCUT2D eigenvalue weighted by Gasteiger charge is -2.32. The van der Waals surface area contributed by atoms with Crippen molar-refractivity contribution in [3.63, 3.8) is 0 Å². The molecule has 5 nitrogen and oxygen atoms in total. The molecule has 0 unspecified atom stereocenters. The highest BCUT2D eigenvalue weighted by Crippen LogP contribution is 2.34. The Morgan fingerprint density at radius 2 is 1.45 bits per heavy atom. The second kappa shape index (κ2) is 12.6. The maximum atomic E-state index is 13.6. The van der Waals surface area contributed by atoms with E-state index < -0.39 is 0 Å². The van der Waals surface area contributed by atoms with Gasteiger partial charge < -0.3 is 9.80 Å². The molecular weight excluding hydrogens is 494 g/mol. The fourth-order valence-electron chi connectivity index (χ4n) is 5.24. The maximum Gasteiger partial charge on any atom is 0.230 e. The third-order valence-electron chi connectivity index (χ3n) is 7.46. The number of fused-ring (bicyclic) bond motifs is 1. The van der Waals surface area contributed by atoms with Gasteiger partial charge in [0.15, 0.2) is 0 Å². The van der Waals surface area contributed by atoms with E-state index in [0.717, 1.165) is 67.2 Å². The zero-order chi connectivity index (χ0) is 26.3. The molecule has 198 valence electrons. The fourth-order valence-corrected chi connectivity index (χ4v) is 5.37. The minimum absolute atomic E-state index is 0.118. The Kier molecular flexibility index (Phi) is 8.77. The van der Waals surface area contributed by atoms with Crippen molar-refractivity contribution < 1.29 is 9.59 Å². The molecule has 3 aromatic rings. The van der Waals surface area contributed by atoms with Gasteiger partial charge in [-0.15, -0.1) is 0 Å². The largest absolute Gasteiger partial charge is 0.338 e. The minimum Gasteiger partial charge on any atom is -0.338 e. The summed E-state index contributed by atoms with van der Waals surface area (Å²) < 4.78 is 0. The second-order valence-corrected chi connectivity index (χ2v) is 10.9. The van der Waals surface area contributed by atoms with Crippen molar-refractivity contribution in [2.75, 3.05) is 31.1 Å². The zero-order valence-electron chi connectivity index (χ0n) is 21.9.